The largest absolute Gasteiger partial charge is 0.273 e. The lowest BCUT2D eigenvalue weighted by molar-refractivity contribution is -0.121. The molecule has 0 spiro atoms. The van der Waals surface area contributed by atoms with Crippen molar-refractivity contribution in [3.05, 3.63) is 35.4 Å². The molecular weight excluding hydrogens is 204 g/mol. The van der Waals surface area contributed by atoms with Crippen LogP contribution in [-0.4, -0.2) is 11.8 Å². The number of nitrogens with one attached hydrogen (secondary N) is 2. The van der Waals surface area contributed by atoms with Crippen LogP contribution in [0.15, 0.2) is 24.3 Å². The van der Waals surface area contributed by atoms with Crippen LogP contribution in [-0.2, 0) is 4.79 Å². The summed E-state index contributed by atoms with van der Waals surface area (Å²) >= 11 is 0. The van der Waals surface area contributed by atoms with Crippen molar-refractivity contribution < 1.29 is 9.59 Å². The Balaban J connectivity index is 2.50. The third-order valence-electron chi connectivity index (χ3n) is 2.07. The Labute approximate surface area is 95.0 Å². The number of amides is 2. The van der Waals surface area contributed by atoms with E-state index >= 15 is 0 Å². The van der Waals surface area contributed by atoms with Crippen LogP contribution in [0.3, 0.4) is 0 Å². The summed E-state index contributed by atoms with van der Waals surface area (Å²) in [4.78, 5) is 22.7. The van der Waals surface area contributed by atoms with E-state index in [4.69, 9.17) is 0 Å². The van der Waals surface area contributed by atoms with Crippen LogP contribution in [0.4, 0.5) is 0 Å². The van der Waals surface area contributed by atoms with Crippen LogP contribution in [0.5, 0.6) is 0 Å². The first-order chi connectivity index (χ1) is 7.63. The van der Waals surface area contributed by atoms with Crippen molar-refractivity contribution in [2.75, 3.05) is 0 Å². The van der Waals surface area contributed by atoms with Crippen molar-refractivity contribution in [3.63, 3.8) is 0 Å². The molecule has 0 heterocycles. The molecule has 0 aliphatic carbocycles. The summed E-state index contributed by atoms with van der Waals surface area (Å²) in [5.41, 5.74) is 6.28. The average Bonchev–Trinajstić information content (AvgIpc) is 2.26. The molecule has 0 bridgehead atoms. The molecular formula is C12H16N2O2. The SMILES string of the molecule is CCCC(=O)NNC(=O)c1cccc(C)c1. The van der Waals surface area contributed by atoms with Gasteiger partial charge in [0, 0.05) is 12.0 Å². The van der Waals surface area contributed by atoms with Crippen LogP contribution in [0.1, 0.15) is 35.7 Å². The second-order valence-corrected chi connectivity index (χ2v) is 3.62. The molecule has 0 fully saturated rings. The lowest BCUT2D eigenvalue weighted by Crippen LogP contribution is -2.41. The quantitative estimate of drug-likeness (QED) is 0.759. The van der Waals surface area contributed by atoms with E-state index in [9.17, 15) is 9.59 Å². The standard InChI is InChI=1S/C12H16N2O2/c1-3-5-11(15)13-14-12(16)10-7-4-6-9(2)8-10/h4,6-8H,3,5H2,1-2H3,(H,13,15)(H,14,16). The normalized spacial score (nSPS) is 9.62. The molecule has 1 aromatic rings. The zero-order valence-electron chi connectivity index (χ0n) is 9.54. The van der Waals surface area contributed by atoms with Gasteiger partial charge in [-0.3, -0.25) is 20.4 Å². The topological polar surface area (TPSA) is 58.2 Å². The fourth-order valence-corrected chi connectivity index (χ4v) is 1.27. The maximum Gasteiger partial charge on any atom is 0.269 e. The minimum Gasteiger partial charge on any atom is -0.273 e. The zero-order chi connectivity index (χ0) is 12.0. The Hall–Kier alpha value is -1.84. The summed E-state index contributed by atoms with van der Waals surface area (Å²) in [5.74, 6) is -0.475. The van der Waals surface area contributed by atoms with Gasteiger partial charge in [-0.05, 0) is 25.5 Å². The van der Waals surface area contributed by atoms with Crippen molar-refractivity contribution in [1.82, 2.24) is 10.9 Å². The molecule has 86 valence electrons. The van der Waals surface area contributed by atoms with E-state index in [1.165, 1.54) is 0 Å². The monoisotopic (exact) mass is 220 g/mol. The second kappa shape index (κ2) is 5.90. The third kappa shape index (κ3) is 3.73. The summed E-state index contributed by atoms with van der Waals surface area (Å²) in [6.45, 7) is 3.81. The molecule has 1 aromatic carbocycles. The molecule has 4 heteroatoms. The molecule has 2 N–H and O–H groups in total. The smallest absolute Gasteiger partial charge is 0.269 e. The van der Waals surface area contributed by atoms with Gasteiger partial charge in [0.05, 0.1) is 0 Å². The van der Waals surface area contributed by atoms with Crippen LogP contribution < -0.4 is 10.9 Å². The van der Waals surface area contributed by atoms with Gasteiger partial charge in [-0.25, -0.2) is 0 Å². The number of hydrogen-bond donors (Lipinski definition) is 2. The van der Waals surface area contributed by atoms with Gasteiger partial charge >= 0.3 is 0 Å². The highest BCUT2D eigenvalue weighted by atomic mass is 16.2. The Morgan fingerprint density at radius 1 is 1.25 bits per heavy atom. The summed E-state index contributed by atoms with van der Waals surface area (Å²) in [7, 11) is 0. The minimum atomic E-state index is -0.298. The second-order valence-electron chi connectivity index (χ2n) is 3.62. The van der Waals surface area contributed by atoms with E-state index in [0.717, 1.165) is 12.0 Å². The molecule has 0 aliphatic heterocycles. The van der Waals surface area contributed by atoms with Gasteiger partial charge in [0.2, 0.25) is 5.91 Å². The van der Waals surface area contributed by atoms with Crippen LogP contribution in [0.25, 0.3) is 0 Å². The third-order valence-corrected chi connectivity index (χ3v) is 2.07. The van der Waals surface area contributed by atoms with Crippen molar-refractivity contribution in [2.45, 2.75) is 26.7 Å². The van der Waals surface area contributed by atoms with Crippen molar-refractivity contribution in [2.24, 2.45) is 0 Å². The predicted octanol–water partition coefficient (Wildman–Crippen LogP) is 1.56. The van der Waals surface area contributed by atoms with E-state index < -0.39 is 0 Å². The van der Waals surface area contributed by atoms with E-state index in [1.807, 2.05) is 19.9 Å². The molecule has 0 atom stereocenters. The highest BCUT2D eigenvalue weighted by Crippen LogP contribution is 2.02. The molecule has 2 amide bonds. The maximum atomic E-state index is 11.6. The molecule has 0 aromatic heterocycles. The fourth-order valence-electron chi connectivity index (χ4n) is 1.27. The number of carbonyl (C=O) groups excluding carboxylic acids is 2. The Bertz CT molecular complexity index is 388. The van der Waals surface area contributed by atoms with Gasteiger partial charge in [0.15, 0.2) is 0 Å². The molecule has 0 unspecified atom stereocenters. The molecule has 4 nitrogen and oxygen atoms in total. The summed E-state index contributed by atoms with van der Waals surface area (Å²) in [5, 5.41) is 0. The van der Waals surface area contributed by atoms with E-state index in [-0.39, 0.29) is 11.8 Å². The molecule has 0 radical (unpaired) electrons. The Morgan fingerprint density at radius 2 is 2.00 bits per heavy atom. The highest BCUT2D eigenvalue weighted by molar-refractivity contribution is 5.95. The molecule has 16 heavy (non-hydrogen) atoms. The molecule has 0 aliphatic rings. The number of aryl methyl sites for hydroxylation is 1. The lowest BCUT2D eigenvalue weighted by Gasteiger charge is -2.06. The summed E-state index contributed by atoms with van der Waals surface area (Å²) < 4.78 is 0. The zero-order valence-corrected chi connectivity index (χ0v) is 9.54. The first kappa shape index (κ1) is 12.2. The minimum absolute atomic E-state index is 0.177. The van der Waals surface area contributed by atoms with Crippen molar-refractivity contribution in [3.8, 4) is 0 Å². The Morgan fingerprint density at radius 3 is 2.62 bits per heavy atom. The average molecular weight is 220 g/mol. The number of hydrazine groups is 1. The maximum absolute atomic E-state index is 11.6. The van der Waals surface area contributed by atoms with Gasteiger partial charge in [0.25, 0.3) is 5.91 Å². The number of carbonyl (C=O) groups is 2. The van der Waals surface area contributed by atoms with Gasteiger partial charge < -0.3 is 0 Å². The van der Waals surface area contributed by atoms with Crippen LogP contribution in [0.2, 0.25) is 0 Å². The van der Waals surface area contributed by atoms with E-state index in [0.29, 0.717) is 12.0 Å². The van der Waals surface area contributed by atoms with Gasteiger partial charge in [-0.1, -0.05) is 24.6 Å². The predicted molar refractivity (Wildman–Crippen MR) is 61.7 cm³/mol. The van der Waals surface area contributed by atoms with Crippen molar-refractivity contribution >= 4 is 11.8 Å². The van der Waals surface area contributed by atoms with Gasteiger partial charge in [-0.2, -0.15) is 0 Å². The van der Waals surface area contributed by atoms with Crippen molar-refractivity contribution in [1.29, 1.82) is 0 Å². The van der Waals surface area contributed by atoms with E-state index in [2.05, 4.69) is 10.9 Å². The fraction of sp³-hybridized carbons (Fsp3) is 0.333. The van der Waals surface area contributed by atoms with Crippen LogP contribution in [0, 0.1) is 6.92 Å². The van der Waals surface area contributed by atoms with Gasteiger partial charge in [0.1, 0.15) is 0 Å². The van der Waals surface area contributed by atoms with Crippen LogP contribution >= 0.6 is 0 Å². The first-order valence-corrected chi connectivity index (χ1v) is 5.29. The van der Waals surface area contributed by atoms with E-state index in [1.54, 1.807) is 18.2 Å². The number of hydrogen-bond acceptors (Lipinski definition) is 2. The molecule has 1 rings (SSSR count). The summed E-state index contributed by atoms with van der Waals surface area (Å²) in [6, 6.07) is 7.18. The Kier molecular flexibility index (Phi) is 4.51. The summed E-state index contributed by atoms with van der Waals surface area (Å²) in [6.07, 6.45) is 1.17. The lowest BCUT2D eigenvalue weighted by atomic mass is 10.1. The number of rotatable bonds is 3. The molecule has 0 saturated heterocycles. The number of benzene rings is 1. The molecule has 0 saturated carbocycles. The highest BCUT2D eigenvalue weighted by Gasteiger charge is 2.06. The first-order valence-electron chi connectivity index (χ1n) is 5.29. The van der Waals surface area contributed by atoms with Gasteiger partial charge in [-0.15, -0.1) is 0 Å².